The fraction of sp³-hybridized carbons (Fsp3) is 0.600. The van der Waals surface area contributed by atoms with Crippen molar-refractivity contribution in [1.29, 1.82) is 0 Å². The highest BCUT2D eigenvalue weighted by Gasteiger charge is 2.23. The molecule has 0 aromatic heterocycles. The molecule has 0 saturated heterocycles. The maximum Gasteiger partial charge on any atom is 0.243 e. The van der Waals surface area contributed by atoms with Gasteiger partial charge in [-0.15, -0.1) is 0 Å². The zero-order valence-corrected chi connectivity index (χ0v) is 16.1. The average molecular weight is 378 g/mol. The molecule has 2 N–H and O–H groups in total. The minimum atomic E-state index is -3.74. The van der Waals surface area contributed by atoms with Gasteiger partial charge in [-0.1, -0.05) is 26.8 Å². The molecule has 0 aliphatic carbocycles. The molecule has 0 saturated carbocycles. The standard InChI is InChI=1S/C15H27N3O4S2/c1-4-10-16-11-12-17-23(19,20)14-8-7-9-15(13-14)24(21,22)18(5-2)6-3/h7-9,13,16-17H,4-6,10-12H2,1-3H3. The first-order chi connectivity index (χ1) is 11.3. The third kappa shape index (κ3) is 5.52. The molecule has 1 aromatic carbocycles. The van der Waals surface area contributed by atoms with Crippen molar-refractivity contribution in [2.45, 2.75) is 37.0 Å². The number of benzene rings is 1. The van der Waals surface area contributed by atoms with Gasteiger partial charge in [0.25, 0.3) is 0 Å². The van der Waals surface area contributed by atoms with Gasteiger partial charge in [0, 0.05) is 26.2 Å². The molecule has 0 heterocycles. The Morgan fingerprint density at radius 2 is 1.54 bits per heavy atom. The number of hydrogen-bond donors (Lipinski definition) is 2. The molecule has 1 aromatic rings. The number of hydrogen-bond acceptors (Lipinski definition) is 5. The molecule has 0 aliphatic rings. The Morgan fingerprint density at radius 3 is 2.12 bits per heavy atom. The Bertz CT molecular complexity index is 714. The van der Waals surface area contributed by atoms with Gasteiger partial charge in [0.1, 0.15) is 0 Å². The zero-order valence-electron chi connectivity index (χ0n) is 14.4. The van der Waals surface area contributed by atoms with Crippen LogP contribution >= 0.6 is 0 Å². The van der Waals surface area contributed by atoms with Gasteiger partial charge >= 0.3 is 0 Å². The molecule has 24 heavy (non-hydrogen) atoms. The van der Waals surface area contributed by atoms with Crippen LogP contribution in [0.1, 0.15) is 27.2 Å². The molecule has 0 unspecified atom stereocenters. The van der Waals surface area contributed by atoms with Crippen molar-refractivity contribution in [3.05, 3.63) is 24.3 Å². The molecule has 0 bridgehead atoms. The second-order valence-corrected chi connectivity index (χ2v) is 8.92. The first kappa shape index (κ1) is 21.0. The van der Waals surface area contributed by atoms with E-state index in [9.17, 15) is 16.8 Å². The molecule has 0 spiro atoms. The van der Waals surface area contributed by atoms with Gasteiger partial charge in [-0.25, -0.2) is 21.6 Å². The topological polar surface area (TPSA) is 95.6 Å². The lowest BCUT2D eigenvalue weighted by molar-refractivity contribution is 0.445. The minimum absolute atomic E-state index is 0.0156. The van der Waals surface area contributed by atoms with Gasteiger partial charge in [0.15, 0.2) is 0 Å². The summed E-state index contributed by atoms with van der Waals surface area (Å²) in [6.45, 7) is 7.76. The molecule has 1 rings (SSSR count). The van der Waals surface area contributed by atoms with E-state index in [1.165, 1.54) is 28.6 Å². The zero-order chi connectivity index (χ0) is 18.2. The lowest BCUT2D eigenvalue weighted by Crippen LogP contribution is -2.33. The lowest BCUT2D eigenvalue weighted by Gasteiger charge is -2.18. The predicted octanol–water partition coefficient (Wildman–Crippen LogP) is 0.995. The molecule has 0 fully saturated rings. The maximum atomic E-state index is 12.5. The van der Waals surface area contributed by atoms with Gasteiger partial charge < -0.3 is 5.32 Å². The van der Waals surface area contributed by atoms with Gasteiger partial charge in [-0.05, 0) is 31.2 Å². The second kappa shape index (κ2) is 9.47. The Labute approximate surface area is 145 Å². The Morgan fingerprint density at radius 1 is 0.917 bits per heavy atom. The molecular weight excluding hydrogens is 350 g/mol. The Hall–Kier alpha value is -1.00. The number of nitrogens with zero attached hydrogens (tertiary/aromatic N) is 1. The monoisotopic (exact) mass is 377 g/mol. The van der Waals surface area contributed by atoms with E-state index in [4.69, 9.17) is 0 Å². The van der Waals surface area contributed by atoms with Crippen LogP contribution in [0, 0.1) is 0 Å². The van der Waals surface area contributed by atoms with Crippen LogP contribution in [0.4, 0.5) is 0 Å². The van der Waals surface area contributed by atoms with Crippen molar-refractivity contribution in [3.63, 3.8) is 0 Å². The molecule has 0 aliphatic heterocycles. The van der Waals surface area contributed by atoms with Crippen molar-refractivity contribution in [2.75, 3.05) is 32.7 Å². The lowest BCUT2D eigenvalue weighted by atomic mass is 10.4. The summed E-state index contributed by atoms with van der Waals surface area (Å²) in [6, 6.07) is 5.45. The molecule has 138 valence electrons. The van der Waals surface area contributed by atoms with Crippen molar-refractivity contribution in [1.82, 2.24) is 14.3 Å². The van der Waals surface area contributed by atoms with Crippen LogP contribution in [0.5, 0.6) is 0 Å². The van der Waals surface area contributed by atoms with E-state index in [1.54, 1.807) is 13.8 Å². The van der Waals surface area contributed by atoms with E-state index >= 15 is 0 Å². The van der Waals surface area contributed by atoms with Crippen molar-refractivity contribution >= 4 is 20.0 Å². The fourth-order valence-corrected chi connectivity index (χ4v) is 4.83. The molecule has 7 nitrogen and oxygen atoms in total. The van der Waals surface area contributed by atoms with Gasteiger partial charge in [0.05, 0.1) is 9.79 Å². The number of nitrogens with one attached hydrogen (secondary N) is 2. The summed E-state index contributed by atoms with van der Waals surface area (Å²) in [5, 5.41) is 3.10. The summed E-state index contributed by atoms with van der Waals surface area (Å²) >= 11 is 0. The third-order valence-electron chi connectivity index (χ3n) is 3.48. The minimum Gasteiger partial charge on any atom is -0.315 e. The average Bonchev–Trinajstić information content (AvgIpc) is 2.55. The number of sulfonamides is 2. The van der Waals surface area contributed by atoms with E-state index in [2.05, 4.69) is 10.0 Å². The first-order valence-electron chi connectivity index (χ1n) is 8.10. The highest BCUT2D eigenvalue weighted by Crippen LogP contribution is 2.19. The van der Waals surface area contributed by atoms with E-state index in [0.29, 0.717) is 19.6 Å². The van der Waals surface area contributed by atoms with Crippen LogP contribution in [0.15, 0.2) is 34.1 Å². The van der Waals surface area contributed by atoms with Crippen molar-refractivity contribution in [3.8, 4) is 0 Å². The molecule has 0 atom stereocenters. The van der Waals surface area contributed by atoms with Gasteiger partial charge in [-0.3, -0.25) is 0 Å². The maximum absolute atomic E-state index is 12.5. The summed E-state index contributed by atoms with van der Waals surface area (Å²) < 4.78 is 53.4. The summed E-state index contributed by atoms with van der Waals surface area (Å²) in [7, 11) is -7.43. The number of rotatable bonds is 11. The van der Waals surface area contributed by atoms with Crippen molar-refractivity contribution < 1.29 is 16.8 Å². The van der Waals surface area contributed by atoms with Crippen LogP contribution in [-0.2, 0) is 20.0 Å². The Kier molecular flexibility index (Phi) is 8.31. The Balaban J connectivity index is 2.95. The van der Waals surface area contributed by atoms with Crippen LogP contribution in [0.2, 0.25) is 0 Å². The highest BCUT2D eigenvalue weighted by molar-refractivity contribution is 7.90. The fourth-order valence-electron chi connectivity index (χ4n) is 2.17. The normalized spacial score (nSPS) is 12.7. The summed E-state index contributed by atoms with van der Waals surface area (Å²) in [5.74, 6) is 0. The largest absolute Gasteiger partial charge is 0.315 e. The van der Waals surface area contributed by atoms with E-state index in [-0.39, 0.29) is 16.3 Å². The van der Waals surface area contributed by atoms with Crippen LogP contribution in [0.3, 0.4) is 0 Å². The summed E-state index contributed by atoms with van der Waals surface area (Å²) in [4.78, 5) is -0.0654. The molecule has 9 heteroatoms. The van der Waals surface area contributed by atoms with Crippen LogP contribution < -0.4 is 10.0 Å². The van der Waals surface area contributed by atoms with E-state index < -0.39 is 20.0 Å². The van der Waals surface area contributed by atoms with Gasteiger partial charge in [0.2, 0.25) is 20.0 Å². The summed E-state index contributed by atoms with van der Waals surface area (Å²) in [6.07, 6.45) is 0.970. The van der Waals surface area contributed by atoms with Gasteiger partial charge in [-0.2, -0.15) is 4.31 Å². The van der Waals surface area contributed by atoms with E-state index in [0.717, 1.165) is 13.0 Å². The molecular formula is C15H27N3O4S2. The smallest absolute Gasteiger partial charge is 0.243 e. The quantitative estimate of drug-likeness (QED) is 0.561. The SMILES string of the molecule is CCCNCCNS(=O)(=O)c1cccc(S(=O)(=O)N(CC)CC)c1. The molecule has 0 radical (unpaired) electrons. The van der Waals surface area contributed by atoms with Crippen LogP contribution in [-0.4, -0.2) is 53.9 Å². The summed E-state index contributed by atoms with van der Waals surface area (Å²) in [5.41, 5.74) is 0. The van der Waals surface area contributed by atoms with E-state index in [1.807, 2.05) is 6.92 Å². The predicted molar refractivity (Wildman–Crippen MR) is 94.9 cm³/mol. The second-order valence-electron chi connectivity index (χ2n) is 5.21. The third-order valence-corrected chi connectivity index (χ3v) is 6.98. The van der Waals surface area contributed by atoms with Crippen LogP contribution in [0.25, 0.3) is 0 Å². The van der Waals surface area contributed by atoms with Crippen molar-refractivity contribution in [2.24, 2.45) is 0 Å². The molecule has 0 amide bonds. The highest BCUT2D eigenvalue weighted by atomic mass is 32.2. The first-order valence-corrected chi connectivity index (χ1v) is 11.0.